The van der Waals surface area contributed by atoms with Crippen molar-refractivity contribution in [1.82, 2.24) is 15.1 Å². The second-order valence-corrected chi connectivity index (χ2v) is 3.42. The van der Waals surface area contributed by atoms with Crippen molar-refractivity contribution in [2.75, 3.05) is 32.1 Å². The Morgan fingerprint density at radius 2 is 2.22 bits per heavy atom. The van der Waals surface area contributed by atoms with Crippen LogP contribution >= 0.6 is 0 Å². The first-order valence-corrected chi connectivity index (χ1v) is 5.28. The summed E-state index contributed by atoms with van der Waals surface area (Å²) < 4.78 is 24.6. The molecule has 1 rings (SSSR count). The molecular formula is C10H14F2N4O2. The van der Waals surface area contributed by atoms with Crippen molar-refractivity contribution in [1.29, 1.82) is 0 Å². The summed E-state index contributed by atoms with van der Waals surface area (Å²) in [5.41, 5.74) is -0.0388. The molecule has 0 aromatic carbocycles. The molecule has 0 spiro atoms. The third-order valence-electron chi connectivity index (χ3n) is 2.16. The van der Waals surface area contributed by atoms with Crippen LogP contribution in [0.4, 0.5) is 14.6 Å². The van der Waals surface area contributed by atoms with Crippen molar-refractivity contribution in [2.45, 2.75) is 6.43 Å². The Balaban J connectivity index is 2.80. The summed E-state index contributed by atoms with van der Waals surface area (Å²) in [6, 6.07) is 2.90. The standard InChI is InChI=1S/C10H14F2N4O2/c1-13-9-3-2-7(14-15-9)10(18)16(4-5-17)6-8(11)12/h2-3,8,17H,4-6H2,1H3,(H,13,15). The monoisotopic (exact) mass is 260 g/mol. The van der Waals surface area contributed by atoms with E-state index >= 15 is 0 Å². The van der Waals surface area contributed by atoms with Gasteiger partial charge in [0.05, 0.1) is 13.2 Å². The maximum absolute atomic E-state index is 12.3. The number of hydrogen-bond acceptors (Lipinski definition) is 5. The van der Waals surface area contributed by atoms with Crippen molar-refractivity contribution in [2.24, 2.45) is 0 Å². The molecule has 0 aliphatic rings. The number of hydrogen-bond donors (Lipinski definition) is 2. The number of anilines is 1. The molecule has 1 aromatic heterocycles. The van der Waals surface area contributed by atoms with E-state index in [1.807, 2.05) is 0 Å². The average Bonchev–Trinajstić information content (AvgIpc) is 2.37. The molecular weight excluding hydrogens is 246 g/mol. The predicted molar refractivity (Wildman–Crippen MR) is 60.6 cm³/mol. The van der Waals surface area contributed by atoms with Crippen molar-refractivity contribution in [3.05, 3.63) is 17.8 Å². The smallest absolute Gasteiger partial charge is 0.274 e. The van der Waals surface area contributed by atoms with Gasteiger partial charge in [-0.15, -0.1) is 10.2 Å². The minimum absolute atomic E-state index is 0.0388. The summed E-state index contributed by atoms with van der Waals surface area (Å²) in [7, 11) is 1.64. The van der Waals surface area contributed by atoms with Crippen molar-refractivity contribution in [3.8, 4) is 0 Å². The maximum Gasteiger partial charge on any atom is 0.274 e. The summed E-state index contributed by atoms with van der Waals surface area (Å²) >= 11 is 0. The molecule has 0 bridgehead atoms. The van der Waals surface area contributed by atoms with Crippen LogP contribution in [0.5, 0.6) is 0 Å². The van der Waals surface area contributed by atoms with Crippen LogP contribution < -0.4 is 5.32 Å². The molecule has 1 amide bonds. The fourth-order valence-corrected chi connectivity index (χ4v) is 1.30. The Morgan fingerprint density at radius 1 is 1.50 bits per heavy atom. The zero-order valence-corrected chi connectivity index (χ0v) is 9.81. The first-order valence-electron chi connectivity index (χ1n) is 5.28. The van der Waals surface area contributed by atoms with Gasteiger partial charge in [-0.2, -0.15) is 0 Å². The van der Waals surface area contributed by atoms with Gasteiger partial charge in [-0.3, -0.25) is 4.79 Å². The summed E-state index contributed by atoms with van der Waals surface area (Å²) in [5.74, 6) is -0.214. The van der Waals surface area contributed by atoms with E-state index < -0.39 is 18.9 Å². The molecule has 0 unspecified atom stereocenters. The lowest BCUT2D eigenvalue weighted by Gasteiger charge is -2.20. The fraction of sp³-hybridized carbons (Fsp3) is 0.500. The van der Waals surface area contributed by atoms with Gasteiger partial charge in [-0.05, 0) is 12.1 Å². The zero-order chi connectivity index (χ0) is 13.5. The van der Waals surface area contributed by atoms with Crippen LogP contribution in [0, 0.1) is 0 Å². The number of carbonyl (C=O) groups excluding carboxylic acids is 1. The van der Waals surface area contributed by atoms with E-state index in [2.05, 4.69) is 15.5 Å². The lowest BCUT2D eigenvalue weighted by Crippen LogP contribution is -2.37. The fourth-order valence-electron chi connectivity index (χ4n) is 1.30. The van der Waals surface area contributed by atoms with Crippen LogP contribution in [-0.2, 0) is 0 Å². The number of amides is 1. The number of nitrogens with zero attached hydrogens (tertiary/aromatic N) is 3. The van der Waals surface area contributed by atoms with E-state index in [0.717, 1.165) is 4.90 Å². The number of rotatable bonds is 6. The Morgan fingerprint density at radius 3 is 2.67 bits per heavy atom. The third-order valence-corrected chi connectivity index (χ3v) is 2.16. The van der Waals surface area contributed by atoms with Crippen LogP contribution in [0.3, 0.4) is 0 Å². The molecule has 0 radical (unpaired) electrons. The van der Waals surface area contributed by atoms with Gasteiger partial charge in [0, 0.05) is 13.6 Å². The highest BCUT2D eigenvalue weighted by molar-refractivity contribution is 5.92. The van der Waals surface area contributed by atoms with E-state index in [-0.39, 0.29) is 18.8 Å². The number of aromatic nitrogens is 2. The molecule has 0 saturated carbocycles. The van der Waals surface area contributed by atoms with Crippen molar-refractivity contribution < 1.29 is 18.7 Å². The van der Waals surface area contributed by atoms with Gasteiger partial charge in [0.1, 0.15) is 5.82 Å². The van der Waals surface area contributed by atoms with Gasteiger partial charge in [0.15, 0.2) is 5.69 Å². The lowest BCUT2D eigenvalue weighted by atomic mass is 10.3. The van der Waals surface area contributed by atoms with Crippen LogP contribution in [0.1, 0.15) is 10.5 Å². The first kappa shape index (κ1) is 14.2. The minimum atomic E-state index is -2.66. The molecule has 18 heavy (non-hydrogen) atoms. The second-order valence-electron chi connectivity index (χ2n) is 3.42. The molecule has 0 aliphatic heterocycles. The highest BCUT2D eigenvalue weighted by atomic mass is 19.3. The van der Waals surface area contributed by atoms with E-state index in [1.165, 1.54) is 12.1 Å². The molecule has 0 atom stereocenters. The minimum Gasteiger partial charge on any atom is -0.395 e. The molecule has 1 aromatic rings. The summed E-state index contributed by atoms with van der Waals surface area (Å²) in [5, 5.41) is 18.8. The molecule has 6 nitrogen and oxygen atoms in total. The van der Waals surface area contributed by atoms with E-state index in [9.17, 15) is 13.6 Å². The number of alkyl halides is 2. The predicted octanol–water partition coefficient (Wildman–Crippen LogP) is 0.218. The van der Waals surface area contributed by atoms with Gasteiger partial charge in [0.25, 0.3) is 12.3 Å². The van der Waals surface area contributed by atoms with Gasteiger partial charge in [-0.25, -0.2) is 8.78 Å². The van der Waals surface area contributed by atoms with Crippen molar-refractivity contribution >= 4 is 11.7 Å². The number of carbonyl (C=O) groups is 1. The molecule has 8 heteroatoms. The SMILES string of the molecule is CNc1ccc(C(=O)N(CCO)CC(F)F)nn1. The number of aliphatic hydroxyl groups is 1. The summed E-state index contributed by atoms with van der Waals surface area (Å²) in [6.07, 6.45) is -2.66. The van der Waals surface area contributed by atoms with Crippen LogP contribution in [-0.4, -0.2) is 59.3 Å². The average molecular weight is 260 g/mol. The summed E-state index contributed by atoms with van der Waals surface area (Å²) in [4.78, 5) is 12.7. The highest BCUT2D eigenvalue weighted by Gasteiger charge is 2.20. The quantitative estimate of drug-likeness (QED) is 0.765. The number of nitrogens with one attached hydrogen (secondary N) is 1. The molecule has 0 saturated heterocycles. The highest BCUT2D eigenvalue weighted by Crippen LogP contribution is 2.06. The molecule has 2 N–H and O–H groups in total. The van der Waals surface area contributed by atoms with Crippen LogP contribution in [0.15, 0.2) is 12.1 Å². The molecule has 0 aliphatic carbocycles. The van der Waals surface area contributed by atoms with Crippen LogP contribution in [0.25, 0.3) is 0 Å². The zero-order valence-electron chi connectivity index (χ0n) is 9.81. The Labute approximate surface area is 103 Å². The van der Waals surface area contributed by atoms with E-state index in [4.69, 9.17) is 5.11 Å². The molecule has 1 heterocycles. The van der Waals surface area contributed by atoms with Gasteiger partial charge in [-0.1, -0.05) is 0 Å². The first-order chi connectivity index (χ1) is 8.58. The summed E-state index contributed by atoms with van der Waals surface area (Å²) in [6.45, 7) is -1.30. The molecule has 0 fully saturated rings. The van der Waals surface area contributed by atoms with E-state index in [0.29, 0.717) is 5.82 Å². The molecule has 100 valence electrons. The second kappa shape index (κ2) is 6.80. The van der Waals surface area contributed by atoms with Gasteiger partial charge in [0.2, 0.25) is 0 Å². The Kier molecular flexibility index (Phi) is 5.37. The Hall–Kier alpha value is -1.83. The van der Waals surface area contributed by atoms with Crippen LogP contribution in [0.2, 0.25) is 0 Å². The van der Waals surface area contributed by atoms with Gasteiger partial charge >= 0.3 is 0 Å². The normalized spacial score (nSPS) is 10.5. The number of halogens is 2. The lowest BCUT2D eigenvalue weighted by molar-refractivity contribution is 0.0503. The van der Waals surface area contributed by atoms with Crippen molar-refractivity contribution in [3.63, 3.8) is 0 Å². The van der Waals surface area contributed by atoms with Gasteiger partial charge < -0.3 is 15.3 Å². The topological polar surface area (TPSA) is 78.4 Å². The maximum atomic E-state index is 12.3. The Bertz CT molecular complexity index is 386. The largest absolute Gasteiger partial charge is 0.395 e. The third kappa shape index (κ3) is 3.88. The number of aliphatic hydroxyl groups excluding tert-OH is 1. The van der Waals surface area contributed by atoms with E-state index in [1.54, 1.807) is 7.05 Å².